The van der Waals surface area contributed by atoms with Crippen molar-refractivity contribution in [2.24, 2.45) is 11.7 Å². The number of rotatable bonds is 6. The van der Waals surface area contributed by atoms with Gasteiger partial charge >= 0.3 is 0 Å². The average Bonchev–Trinajstić information content (AvgIpc) is 3.23. The zero-order valence-electron chi connectivity index (χ0n) is 10.2. The van der Waals surface area contributed by atoms with Crippen LogP contribution in [0.5, 0.6) is 0 Å². The van der Waals surface area contributed by atoms with E-state index in [0.29, 0.717) is 6.54 Å². The highest BCUT2D eigenvalue weighted by atomic mass is 79.9. The molecule has 2 fully saturated rings. The van der Waals surface area contributed by atoms with Gasteiger partial charge in [-0.15, -0.1) is 0 Å². The van der Waals surface area contributed by atoms with Crippen LogP contribution in [0.4, 0.5) is 0 Å². The quantitative estimate of drug-likeness (QED) is 0.822. The Labute approximate surface area is 124 Å². The Morgan fingerprint density at radius 3 is 2.50 bits per heavy atom. The Morgan fingerprint density at radius 1 is 1.33 bits per heavy atom. The van der Waals surface area contributed by atoms with Gasteiger partial charge in [0.05, 0.1) is 10.5 Å². The minimum absolute atomic E-state index is 0.223. The van der Waals surface area contributed by atoms with Crippen LogP contribution in [0.3, 0.4) is 0 Å². The second-order valence-corrected chi connectivity index (χ2v) is 6.97. The lowest BCUT2D eigenvalue weighted by molar-refractivity contribution is 0.161. The largest absolute Gasteiger partial charge is 0.451 e. The lowest BCUT2D eigenvalue weighted by atomic mass is 10.1. The van der Waals surface area contributed by atoms with Gasteiger partial charge in [0, 0.05) is 19.1 Å². The fraction of sp³-hybridized carbons (Fsp3) is 0.692. The van der Waals surface area contributed by atoms with Crippen molar-refractivity contribution in [1.82, 2.24) is 4.90 Å². The topological polar surface area (TPSA) is 42.4 Å². The molecule has 0 radical (unpaired) electrons. The van der Waals surface area contributed by atoms with E-state index in [1.807, 2.05) is 6.07 Å². The summed E-state index contributed by atoms with van der Waals surface area (Å²) in [6, 6.07) is 2.99. The molecule has 2 N–H and O–H groups in total. The summed E-state index contributed by atoms with van der Waals surface area (Å²) in [4.78, 5) is 2.56. The number of furan rings is 1. The molecule has 1 atom stereocenters. The molecule has 2 aliphatic carbocycles. The van der Waals surface area contributed by atoms with E-state index in [1.165, 1.54) is 32.2 Å². The van der Waals surface area contributed by atoms with Gasteiger partial charge in [0.15, 0.2) is 4.67 Å². The molecule has 1 unspecified atom stereocenters. The molecule has 1 heterocycles. The molecule has 18 heavy (non-hydrogen) atoms. The summed E-state index contributed by atoms with van der Waals surface area (Å²) in [6.45, 7) is 1.80. The number of nitrogens with zero attached hydrogens (tertiary/aromatic N) is 1. The van der Waals surface area contributed by atoms with Crippen molar-refractivity contribution in [2.45, 2.75) is 37.8 Å². The monoisotopic (exact) mass is 376 g/mol. The van der Waals surface area contributed by atoms with Crippen molar-refractivity contribution >= 4 is 31.9 Å². The average molecular weight is 378 g/mol. The van der Waals surface area contributed by atoms with Crippen LogP contribution in [0.1, 0.15) is 37.5 Å². The smallest absolute Gasteiger partial charge is 0.183 e. The standard InChI is InChI=1S/C13H18Br2N2O/c14-10-5-12(18-13(10)15)11(6-16)17(9-3-4-9)7-8-1-2-8/h5,8-9,11H,1-4,6-7,16H2. The molecule has 2 saturated carbocycles. The SMILES string of the molecule is NCC(c1cc(Br)c(Br)o1)N(CC1CC1)C1CC1. The van der Waals surface area contributed by atoms with Crippen molar-refractivity contribution in [3.63, 3.8) is 0 Å². The van der Waals surface area contributed by atoms with E-state index in [1.54, 1.807) is 0 Å². The number of nitrogens with two attached hydrogens (primary N) is 1. The second kappa shape index (κ2) is 5.27. The molecule has 3 nitrogen and oxygen atoms in total. The molecule has 0 saturated heterocycles. The van der Waals surface area contributed by atoms with Crippen molar-refractivity contribution in [3.05, 3.63) is 21.0 Å². The maximum atomic E-state index is 5.99. The Bertz CT molecular complexity index is 407. The van der Waals surface area contributed by atoms with Gasteiger partial charge in [-0.3, -0.25) is 4.90 Å². The zero-order valence-corrected chi connectivity index (χ0v) is 13.4. The van der Waals surface area contributed by atoms with Crippen LogP contribution in [-0.2, 0) is 0 Å². The van der Waals surface area contributed by atoms with Crippen LogP contribution < -0.4 is 5.73 Å². The predicted octanol–water partition coefficient (Wildman–Crippen LogP) is 3.68. The van der Waals surface area contributed by atoms with Gasteiger partial charge in [0.2, 0.25) is 0 Å². The molecule has 0 bridgehead atoms. The molecule has 0 amide bonds. The summed E-state index contributed by atoms with van der Waals surface area (Å²) >= 11 is 6.88. The van der Waals surface area contributed by atoms with E-state index in [4.69, 9.17) is 10.2 Å². The molecular weight excluding hydrogens is 360 g/mol. The maximum absolute atomic E-state index is 5.99. The van der Waals surface area contributed by atoms with Crippen LogP contribution in [0.25, 0.3) is 0 Å². The first-order valence-electron chi connectivity index (χ1n) is 6.59. The Kier molecular flexibility index (Phi) is 3.85. The third-order valence-electron chi connectivity index (χ3n) is 3.80. The molecule has 1 aromatic heterocycles. The van der Waals surface area contributed by atoms with Crippen LogP contribution in [0, 0.1) is 5.92 Å². The van der Waals surface area contributed by atoms with Crippen LogP contribution in [-0.4, -0.2) is 24.0 Å². The number of hydrogen-bond donors (Lipinski definition) is 1. The van der Waals surface area contributed by atoms with Gasteiger partial charge in [0.1, 0.15) is 5.76 Å². The molecule has 100 valence electrons. The predicted molar refractivity (Wildman–Crippen MR) is 78.4 cm³/mol. The van der Waals surface area contributed by atoms with Gasteiger partial charge in [-0.1, -0.05) is 0 Å². The first-order valence-corrected chi connectivity index (χ1v) is 8.18. The Balaban J connectivity index is 1.79. The summed E-state index contributed by atoms with van der Waals surface area (Å²) in [7, 11) is 0. The van der Waals surface area contributed by atoms with E-state index in [0.717, 1.165) is 26.9 Å². The third kappa shape index (κ3) is 2.84. The summed E-state index contributed by atoms with van der Waals surface area (Å²) < 4.78 is 7.51. The van der Waals surface area contributed by atoms with Crippen molar-refractivity contribution in [1.29, 1.82) is 0 Å². The summed E-state index contributed by atoms with van der Waals surface area (Å²) in [5, 5.41) is 0. The van der Waals surface area contributed by atoms with Crippen molar-refractivity contribution < 1.29 is 4.42 Å². The van der Waals surface area contributed by atoms with E-state index < -0.39 is 0 Å². The number of hydrogen-bond acceptors (Lipinski definition) is 3. The van der Waals surface area contributed by atoms with E-state index >= 15 is 0 Å². The minimum Gasteiger partial charge on any atom is -0.451 e. The molecule has 5 heteroatoms. The highest BCUT2D eigenvalue weighted by Gasteiger charge is 2.38. The molecule has 0 aromatic carbocycles. The van der Waals surface area contributed by atoms with Gasteiger partial charge in [0.25, 0.3) is 0 Å². The van der Waals surface area contributed by atoms with Crippen LogP contribution in [0.2, 0.25) is 0 Å². The van der Waals surface area contributed by atoms with E-state index in [-0.39, 0.29) is 6.04 Å². The summed E-state index contributed by atoms with van der Waals surface area (Å²) in [5.74, 6) is 1.87. The number of halogens is 2. The molecule has 0 aliphatic heterocycles. The first kappa shape index (κ1) is 13.2. The first-order chi connectivity index (χ1) is 8.69. The van der Waals surface area contributed by atoms with Gasteiger partial charge in [-0.25, -0.2) is 0 Å². The lowest BCUT2D eigenvalue weighted by Gasteiger charge is -2.29. The Hall–Kier alpha value is 0.160. The van der Waals surface area contributed by atoms with Crippen molar-refractivity contribution in [2.75, 3.05) is 13.1 Å². The maximum Gasteiger partial charge on any atom is 0.183 e. The van der Waals surface area contributed by atoms with Crippen LogP contribution in [0.15, 0.2) is 19.6 Å². The third-order valence-corrected chi connectivity index (χ3v) is 5.51. The zero-order chi connectivity index (χ0) is 12.7. The van der Waals surface area contributed by atoms with Gasteiger partial charge in [-0.05, 0) is 69.5 Å². The highest BCUT2D eigenvalue weighted by molar-refractivity contribution is 9.13. The van der Waals surface area contributed by atoms with Crippen molar-refractivity contribution in [3.8, 4) is 0 Å². The lowest BCUT2D eigenvalue weighted by Crippen LogP contribution is -2.36. The van der Waals surface area contributed by atoms with Gasteiger partial charge < -0.3 is 10.2 Å². The fourth-order valence-corrected chi connectivity index (χ4v) is 3.09. The van der Waals surface area contributed by atoms with E-state index in [2.05, 4.69) is 36.8 Å². The van der Waals surface area contributed by atoms with Gasteiger partial charge in [-0.2, -0.15) is 0 Å². The minimum atomic E-state index is 0.223. The Morgan fingerprint density at radius 2 is 2.06 bits per heavy atom. The molecular formula is C13H18Br2N2O. The molecule has 2 aliphatic rings. The highest BCUT2D eigenvalue weighted by Crippen LogP contribution is 2.41. The molecule has 1 aromatic rings. The molecule has 0 spiro atoms. The van der Waals surface area contributed by atoms with Crippen LogP contribution >= 0.6 is 31.9 Å². The normalized spacial score (nSPS) is 21.6. The van der Waals surface area contributed by atoms with E-state index in [9.17, 15) is 0 Å². The summed E-state index contributed by atoms with van der Waals surface area (Å²) in [5.41, 5.74) is 5.99. The fourth-order valence-electron chi connectivity index (χ4n) is 2.48. The molecule has 3 rings (SSSR count). The second-order valence-electron chi connectivity index (χ2n) is 5.39. The summed E-state index contributed by atoms with van der Waals surface area (Å²) in [6.07, 6.45) is 5.39.